The SMILES string of the molecule is CCOc1ccc2[nH]c(-c3ccc(N)cc3)nc2n1. The van der Waals surface area contributed by atoms with Crippen LogP contribution in [0.1, 0.15) is 6.92 Å². The largest absolute Gasteiger partial charge is 0.478 e. The van der Waals surface area contributed by atoms with Gasteiger partial charge < -0.3 is 15.5 Å². The lowest BCUT2D eigenvalue weighted by atomic mass is 10.2. The molecule has 0 aliphatic rings. The Morgan fingerprint density at radius 3 is 2.63 bits per heavy atom. The van der Waals surface area contributed by atoms with Crippen molar-refractivity contribution < 1.29 is 4.74 Å². The number of benzene rings is 1. The molecule has 0 spiro atoms. The van der Waals surface area contributed by atoms with Crippen LogP contribution < -0.4 is 10.5 Å². The fourth-order valence-electron chi connectivity index (χ4n) is 1.88. The van der Waals surface area contributed by atoms with Gasteiger partial charge >= 0.3 is 0 Å². The summed E-state index contributed by atoms with van der Waals surface area (Å²) in [6.07, 6.45) is 0. The van der Waals surface area contributed by atoms with Crippen LogP contribution in [0.4, 0.5) is 5.69 Å². The third-order valence-electron chi connectivity index (χ3n) is 2.80. The van der Waals surface area contributed by atoms with E-state index in [1.807, 2.05) is 43.3 Å². The van der Waals surface area contributed by atoms with E-state index in [9.17, 15) is 0 Å². The molecule has 19 heavy (non-hydrogen) atoms. The highest BCUT2D eigenvalue weighted by molar-refractivity contribution is 5.76. The van der Waals surface area contributed by atoms with Gasteiger partial charge in [0.2, 0.25) is 5.88 Å². The van der Waals surface area contributed by atoms with E-state index in [4.69, 9.17) is 10.5 Å². The molecule has 0 aliphatic heterocycles. The van der Waals surface area contributed by atoms with Crippen LogP contribution >= 0.6 is 0 Å². The van der Waals surface area contributed by atoms with Crippen LogP contribution in [0.2, 0.25) is 0 Å². The van der Waals surface area contributed by atoms with Crippen molar-refractivity contribution >= 4 is 16.9 Å². The van der Waals surface area contributed by atoms with Crippen molar-refractivity contribution in [3.8, 4) is 17.3 Å². The molecule has 1 aromatic carbocycles. The third-order valence-corrected chi connectivity index (χ3v) is 2.80. The van der Waals surface area contributed by atoms with Gasteiger partial charge in [-0.3, -0.25) is 0 Å². The third kappa shape index (κ3) is 2.22. The molecule has 96 valence electrons. The van der Waals surface area contributed by atoms with E-state index in [2.05, 4.69) is 15.0 Å². The van der Waals surface area contributed by atoms with Gasteiger partial charge in [-0.25, -0.2) is 4.98 Å². The molecule has 0 bridgehead atoms. The Balaban J connectivity index is 2.03. The molecule has 5 heteroatoms. The summed E-state index contributed by atoms with van der Waals surface area (Å²) in [7, 11) is 0. The molecule has 2 heterocycles. The van der Waals surface area contributed by atoms with Crippen LogP contribution in [0.3, 0.4) is 0 Å². The predicted octanol–water partition coefficient (Wildman–Crippen LogP) is 2.61. The lowest BCUT2D eigenvalue weighted by Crippen LogP contribution is -1.93. The van der Waals surface area contributed by atoms with Crippen LogP contribution in [0.25, 0.3) is 22.6 Å². The minimum absolute atomic E-state index is 0.588. The number of nitrogen functional groups attached to an aromatic ring is 1. The second kappa shape index (κ2) is 4.61. The zero-order valence-electron chi connectivity index (χ0n) is 10.6. The summed E-state index contributed by atoms with van der Waals surface area (Å²) in [6, 6.07) is 11.3. The molecule has 0 saturated heterocycles. The number of anilines is 1. The van der Waals surface area contributed by atoms with E-state index < -0.39 is 0 Å². The minimum Gasteiger partial charge on any atom is -0.478 e. The number of rotatable bonds is 3. The lowest BCUT2D eigenvalue weighted by molar-refractivity contribution is 0.328. The van der Waals surface area contributed by atoms with Gasteiger partial charge in [0.1, 0.15) is 5.82 Å². The van der Waals surface area contributed by atoms with Crippen molar-refractivity contribution in [2.24, 2.45) is 0 Å². The molecular weight excluding hydrogens is 240 g/mol. The normalized spacial score (nSPS) is 10.8. The fraction of sp³-hybridized carbons (Fsp3) is 0.143. The van der Waals surface area contributed by atoms with Gasteiger partial charge in [-0.2, -0.15) is 4.98 Å². The number of H-pyrrole nitrogens is 1. The standard InChI is InChI=1S/C14H14N4O/c1-2-19-12-8-7-11-14(17-12)18-13(16-11)9-3-5-10(15)6-4-9/h3-8H,2,15H2,1H3,(H,16,17,18). The van der Waals surface area contributed by atoms with Crippen molar-refractivity contribution in [3.05, 3.63) is 36.4 Å². The van der Waals surface area contributed by atoms with Crippen LogP contribution in [-0.4, -0.2) is 21.6 Å². The number of nitrogens with one attached hydrogen (secondary N) is 1. The Morgan fingerprint density at radius 1 is 1.11 bits per heavy atom. The fourth-order valence-corrected chi connectivity index (χ4v) is 1.88. The van der Waals surface area contributed by atoms with Gasteiger partial charge in [0, 0.05) is 17.3 Å². The highest BCUT2D eigenvalue weighted by Crippen LogP contribution is 2.22. The maximum atomic E-state index is 5.67. The zero-order valence-corrected chi connectivity index (χ0v) is 10.6. The number of aromatic nitrogens is 3. The van der Waals surface area contributed by atoms with Crippen molar-refractivity contribution in [1.82, 2.24) is 15.0 Å². The number of nitrogens with two attached hydrogens (primary N) is 1. The number of aromatic amines is 1. The van der Waals surface area contributed by atoms with Gasteiger partial charge in [-0.15, -0.1) is 0 Å². The van der Waals surface area contributed by atoms with E-state index in [1.165, 1.54) is 0 Å². The molecule has 0 aliphatic carbocycles. The minimum atomic E-state index is 0.588. The monoisotopic (exact) mass is 254 g/mol. The van der Waals surface area contributed by atoms with E-state index in [1.54, 1.807) is 0 Å². The average molecular weight is 254 g/mol. The first kappa shape index (κ1) is 11.5. The van der Waals surface area contributed by atoms with Gasteiger partial charge in [0.15, 0.2) is 5.65 Å². The number of imidazole rings is 1. The number of fused-ring (bicyclic) bond motifs is 1. The Labute approximate surface area is 110 Å². The number of hydrogen-bond donors (Lipinski definition) is 2. The number of pyridine rings is 1. The first-order chi connectivity index (χ1) is 9.26. The molecule has 0 atom stereocenters. The number of hydrogen-bond acceptors (Lipinski definition) is 4. The average Bonchev–Trinajstić information content (AvgIpc) is 2.83. The first-order valence-electron chi connectivity index (χ1n) is 6.12. The molecule has 3 aromatic rings. The molecular formula is C14H14N4O. The molecule has 0 saturated carbocycles. The van der Waals surface area contributed by atoms with Crippen LogP contribution in [0.15, 0.2) is 36.4 Å². The van der Waals surface area contributed by atoms with Crippen LogP contribution in [0, 0.1) is 0 Å². The highest BCUT2D eigenvalue weighted by Gasteiger charge is 2.07. The van der Waals surface area contributed by atoms with Gasteiger partial charge in [-0.1, -0.05) is 0 Å². The summed E-state index contributed by atoms with van der Waals surface area (Å²) < 4.78 is 5.36. The van der Waals surface area contributed by atoms with Gasteiger partial charge in [0.05, 0.1) is 12.1 Å². The Hall–Kier alpha value is -2.56. The predicted molar refractivity (Wildman–Crippen MR) is 74.9 cm³/mol. The van der Waals surface area contributed by atoms with Crippen molar-refractivity contribution in [2.45, 2.75) is 6.92 Å². The molecule has 2 aromatic heterocycles. The topological polar surface area (TPSA) is 76.8 Å². The summed E-state index contributed by atoms with van der Waals surface area (Å²) >= 11 is 0. The quantitative estimate of drug-likeness (QED) is 0.704. The first-order valence-corrected chi connectivity index (χ1v) is 6.12. The smallest absolute Gasteiger partial charge is 0.215 e. The molecule has 5 nitrogen and oxygen atoms in total. The molecule has 0 unspecified atom stereocenters. The summed E-state index contributed by atoms with van der Waals surface area (Å²) in [5.41, 5.74) is 8.92. The van der Waals surface area contributed by atoms with Crippen molar-refractivity contribution in [1.29, 1.82) is 0 Å². The lowest BCUT2D eigenvalue weighted by Gasteiger charge is -1.99. The second-order valence-electron chi connectivity index (χ2n) is 4.16. The molecule has 3 N–H and O–H groups in total. The number of ether oxygens (including phenoxy) is 1. The Morgan fingerprint density at radius 2 is 1.89 bits per heavy atom. The summed E-state index contributed by atoms with van der Waals surface area (Å²) in [5, 5.41) is 0. The van der Waals surface area contributed by atoms with E-state index >= 15 is 0 Å². The highest BCUT2D eigenvalue weighted by atomic mass is 16.5. The molecule has 0 radical (unpaired) electrons. The number of nitrogens with zero attached hydrogens (tertiary/aromatic N) is 2. The molecule has 3 rings (SSSR count). The van der Waals surface area contributed by atoms with Crippen molar-refractivity contribution in [2.75, 3.05) is 12.3 Å². The summed E-state index contributed by atoms with van der Waals surface area (Å²) in [6.45, 7) is 2.52. The second-order valence-corrected chi connectivity index (χ2v) is 4.16. The molecule has 0 fully saturated rings. The summed E-state index contributed by atoms with van der Waals surface area (Å²) in [4.78, 5) is 12.0. The Bertz CT molecular complexity index is 703. The summed E-state index contributed by atoms with van der Waals surface area (Å²) in [5.74, 6) is 1.36. The maximum absolute atomic E-state index is 5.67. The van der Waals surface area contributed by atoms with E-state index in [0.29, 0.717) is 18.1 Å². The Kier molecular flexibility index (Phi) is 2.79. The molecule has 0 amide bonds. The maximum Gasteiger partial charge on any atom is 0.215 e. The van der Waals surface area contributed by atoms with E-state index in [0.717, 1.165) is 22.6 Å². The zero-order chi connectivity index (χ0) is 13.2. The van der Waals surface area contributed by atoms with Crippen molar-refractivity contribution in [3.63, 3.8) is 0 Å². The van der Waals surface area contributed by atoms with Gasteiger partial charge in [0.25, 0.3) is 0 Å². The van der Waals surface area contributed by atoms with Crippen LogP contribution in [0.5, 0.6) is 5.88 Å². The van der Waals surface area contributed by atoms with Gasteiger partial charge in [-0.05, 0) is 37.3 Å². The van der Waals surface area contributed by atoms with E-state index in [-0.39, 0.29) is 0 Å². The van der Waals surface area contributed by atoms with Crippen LogP contribution in [-0.2, 0) is 0 Å².